The Morgan fingerprint density at radius 1 is 1.03 bits per heavy atom. The Bertz CT molecular complexity index is 1410. The third-order valence-corrected chi connectivity index (χ3v) is 7.14. The van der Waals surface area contributed by atoms with E-state index in [1.165, 1.54) is 25.5 Å². The largest absolute Gasteiger partial charge is 0.489 e. The maximum atomic E-state index is 13.5. The number of nitrogens with zero attached hydrogens (tertiary/aromatic N) is 1. The number of aryl methyl sites for hydroxylation is 1. The summed E-state index contributed by atoms with van der Waals surface area (Å²) < 4.78 is 13.1. The van der Waals surface area contributed by atoms with E-state index in [2.05, 4.69) is 17.1 Å². The molecule has 1 aliphatic carbocycles. The first kappa shape index (κ1) is 23.9. The summed E-state index contributed by atoms with van der Waals surface area (Å²) in [6.07, 6.45) is 7.29. The lowest BCUT2D eigenvalue weighted by molar-refractivity contribution is 0.0524. The van der Waals surface area contributed by atoms with Crippen LogP contribution in [0.1, 0.15) is 66.4 Å². The van der Waals surface area contributed by atoms with Crippen LogP contribution in [0.3, 0.4) is 0 Å². The highest BCUT2D eigenvalue weighted by Crippen LogP contribution is 2.42. The lowest BCUT2D eigenvalue weighted by atomic mass is 9.82. The van der Waals surface area contributed by atoms with Crippen molar-refractivity contribution in [2.45, 2.75) is 51.6 Å². The molecule has 0 spiro atoms. The average molecular weight is 485 g/mol. The minimum atomic E-state index is -0.595. The quantitative estimate of drug-likeness (QED) is 0.311. The Morgan fingerprint density at radius 2 is 1.75 bits per heavy atom. The van der Waals surface area contributed by atoms with E-state index in [0.29, 0.717) is 18.0 Å². The molecule has 6 heteroatoms. The molecule has 2 aromatic carbocycles. The van der Waals surface area contributed by atoms with Crippen LogP contribution in [0.25, 0.3) is 22.3 Å². The zero-order valence-corrected chi connectivity index (χ0v) is 20.9. The van der Waals surface area contributed by atoms with Crippen molar-refractivity contribution in [1.29, 1.82) is 0 Å². The molecule has 0 atom stereocenters. The maximum Gasteiger partial charge on any atom is 0.343 e. The maximum absolute atomic E-state index is 13.5. The van der Waals surface area contributed by atoms with Gasteiger partial charge < -0.3 is 19.0 Å². The van der Waals surface area contributed by atoms with E-state index in [1.807, 2.05) is 54.1 Å². The van der Waals surface area contributed by atoms with E-state index < -0.39 is 5.97 Å². The van der Waals surface area contributed by atoms with E-state index in [0.717, 1.165) is 46.5 Å². The molecule has 186 valence electrons. The number of H-pyrrole nitrogens is 1. The number of hydrogen-bond donors (Lipinski definition) is 1. The highest BCUT2D eigenvalue weighted by atomic mass is 16.5. The minimum Gasteiger partial charge on any atom is -0.489 e. The molecular formula is C30H32N2O4. The molecule has 2 aromatic heterocycles. The van der Waals surface area contributed by atoms with Gasteiger partial charge in [-0.05, 0) is 61.1 Å². The number of aromatic nitrogens is 2. The molecule has 0 unspecified atom stereocenters. The van der Waals surface area contributed by atoms with Gasteiger partial charge in [0, 0.05) is 18.8 Å². The molecule has 1 N–H and O–H groups in total. The van der Waals surface area contributed by atoms with Crippen LogP contribution in [0.4, 0.5) is 0 Å². The lowest BCUT2D eigenvalue weighted by Gasteiger charge is -2.23. The van der Waals surface area contributed by atoms with Gasteiger partial charge >= 0.3 is 5.97 Å². The number of esters is 1. The van der Waals surface area contributed by atoms with Crippen molar-refractivity contribution in [3.8, 4) is 17.0 Å². The predicted octanol–water partition coefficient (Wildman–Crippen LogP) is 6.34. The molecule has 0 aliphatic heterocycles. The molecule has 0 radical (unpaired) electrons. The second kappa shape index (κ2) is 10.4. The van der Waals surface area contributed by atoms with Crippen LogP contribution in [0.5, 0.6) is 5.75 Å². The van der Waals surface area contributed by atoms with Crippen LogP contribution in [0, 0.1) is 0 Å². The first-order valence-corrected chi connectivity index (χ1v) is 12.8. The molecule has 1 saturated carbocycles. The molecule has 0 amide bonds. The van der Waals surface area contributed by atoms with Gasteiger partial charge in [0.2, 0.25) is 5.43 Å². The van der Waals surface area contributed by atoms with Crippen LogP contribution < -0.4 is 10.2 Å². The highest BCUT2D eigenvalue weighted by Gasteiger charge is 2.28. The number of aromatic amines is 1. The Balaban J connectivity index is 1.57. The van der Waals surface area contributed by atoms with Crippen molar-refractivity contribution < 1.29 is 14.3 Å². The number of hydrogen-bond acceptors (Lipinski definition) is 4. The van der Waals surface area contributed by atoms with Crippen LogP contribution in [0.15, 0.2) is 65.6 Å². The number of fused-ring (bicyclic) bond motifs is 1. The van der Waals surface area contributed by atoms with Crippen LogP contribution >= 0.6 is 0 Å². The number of nitrogens with one attached hydrogen (secondary N) is 1. The zero-order valence-electron chi connectivity index (χ0n) is 20.9. The number of benzene rings is 2. The Hall–Kier alpha value is -3.80. The van der Waals surface area contributed by atoms with Gasteiger partial charge in [0.1, 0.15) is 23.4 Å². The van der Waals surface area contributed by atoms with E-state index in [1.54, 1.807) is 6.92 Å². The molecule has 4 aromatic rings. The summed E-state index contributed by atoms with van der Waals surface area (Å²) in [4.78, 5) is 29.2. The van der Waals surface area contributed by atoms with Crippen LogP contribution in [-0.2, 0) is 18.4 Å². The molecule has 5 rings (SSSR count). The Labute approximate surface area is 210 Å². The number of rotatable bonds is 7. The highest BCUT2D eigenvalue weighted by molar-refractivity contribution is 5.96. The number of pyridine rings is 1. The second-order valence-corrected chi connectivity index (χ2v) is 9.43. The molecule has 0 bridgehead atoms. The smallest absolute Gasteiger partial charge is 0.343 e. The summed E-state index contributed by atoms with van der Waals surface area (Å²) in [7, 11) is 1.91. The summed E-state index contributed by atoms with van der Waals surface area (Å²) in [6, 6.07) is 18.1. The summed E-state index contributed by atoms with van der Waals surface area (Å²) in [5.41, 5.74) is 5.39. The first-order chi connectivity index (χ1) is 17.6. The molecule has 6 nitrogen and oxygen atoms in total. The van der Waals surface area contributed by atoms with Crippen molar-refractivity contribution in [1.82, 2.24) is 9.55 Å². The normalized spacial score (nSPS) is 14.2. The third-order valence-electron chi connectivity index (χ3n) is 7.14. The number of carbonyl (C=O) groups excluding carboxylic acids is 1. The SMILES string of the molecule is CCOC(=O)c1c[nH]c2c(C3CCCCC3)c(-c3ccc(OCc4ccccc4)cc3)n(C)c2c1=O. The van der Waals surface area contributed by atoms with Crippen molar-refractivity contribution in [2.75, 3.05) is 6.61 Å². The summed E-state index contributed by atoms with van der Waals surface area (Å²) in [5, 5.41) is 0. The third kappa shape index (κ3) is 4.55. The standard InChI is InChI=1S/C30H32N2O4/c1-3-35-30(34)24-18-31-26-25(21-12-8-5-9-13-21)27(32(2)28(26)29(24)33)22-14-16-23(17-15-22)36-19-20-10-6-4-7-11-20/h4,6-7,10-11,14-18,21H,3,5,8-9,12-13,19H2,1-2H3,(H,31,33). The average Bonchev–Trinajstić information content (AvgIpc) is 3.22. The van der Waals surface area contributed by atoms with Gasteiger partial charge in [-0.15, -0.1) is 0 Å². The summed E-state index contributed by atoms with van der Waals surface area (Å²) >= 11 is 0. The topological polar surface area (TPSA) is 73.3 Å². The fraction of sp³-hybridized carbons (Fsp3) is 0.333. The molecule has 36 heavy (non-hydrogen) atoms. The van der Waals surface area contributed by atoms with Gasteiger partial charge in [0.05, 0.1) is 17.8 Å². The first-order valence-electron chi connectivity index (χ1n) is 12.8. The van der Waals surface area contributed by atoms with Gasteiger partial charge in [0.15, 0.2) is 0 Å². The van der Waals surface area contributed by atoms with Gasteiger partial charge in [-0.3, -0.25) is 4.79 Å². The van der Waals surface area contributed by atoms with Crippen molar-refractivity contribution >= 4 is 17.0 Å². The minimum absolute atomic E-state index is 0.0383. The van der Waals surface area contributed by atoms with Gasteiger partial charge in [-0.25, -0.2) is 4.79 Å². The molecular weight excluding hydrogens is 452 g/mol. The molecule has 1 fully saturated rings. The van der Waals surface area contributed by atoms with E-state index in [4.69, 9.17) is 9.47 Å². The fourth-order valence-electron chi connectivity index (χ4n) is 5.40. The van der Waals surface area contributed by atoms with Gasteiger partial charge in [0.25, 0.3) is 0 Å². The Kier molecular flexibility index (Phi) is 6.94. The predicted molar refractivity (Wildman–Crippen MR) is 142 cm³/mol. The zero-order chi connectivity index (χ0) is 25.1. The van der Waals surface area contributed by atoms with Crippen molar-refractivity contribution in [2.24, 2.45) is 7.05 Å². The van der Waals surface area contributed by atoms with Crippen molar-refractivity contribution in [3.05, 3.63) is 87.7 Å². The summed E-state index contributed by atoms with van der Waals surface area (Å²) in [5.74, 6) is 0.555. The molecule has 1 aliphatic rings. The van der Waals surface area contributed by atoms with Crippen molar-refractivity contribution in [3.63, 3.8) is 0 Å². The summed E-state index contributed by atoms with van der Waals surface area (Å²) in [6.45, 7) is 2.47. The molecule has 2 heterocycles. The van der Waals surface area contributed by atoms with Gasteiger partial charge in [-0.1, -0.05) is 49.6 Å². The Morgan fingerprint density at radius 3 is 2.44 bits per heavy atom. The monoisotopic (exact) mass is 484 g/mol. The van der Waals surface area contributed by atoms with Crippen LogP contribution in [-0.4, -0.2) is 22.1 Å². The fourth-order valence-corrected chi connectivity index (χ4v) is 5.40. The second-order valence-electron chi connectivity index (χ2n) is 9.43. The van der Waals surface area contributed by atoms with Crippen LogP contribution in [0.2, 0.25) is 0 Å². The number of carbonyl (C=O) groups is 1. The lowest BCUT2D eigenvalue weighted by Crippen LogP contribution is -2.19. The van der Waals surface area contributed by atoms with Gasteiger partial charge in [-0.2, -0.15) is 0 Å². The van der Waals surface area contributed by atoms with E-state index in [9.17, 15) is 9.59 Å². The van der Waals surface area contributed by atoms with E-state index >= 15 is 0 Å². The molecule has 0 saturated heterocycles. The number of ether oxygens (including phenoxy) is 2. The van der Waals surface area contributed by atoms with E-state index in [-0.39, 0.29) is 17.6 Å².